The molecule has 7 rings (SSSR count). The lowest BCUT2D eigenvalue weighted by Gasteiger charge is -2.44. The van der Waals surface area contributed by atoms with Crippen LogP contribution in [0.5, 0.6) is 17.2 Å². The minimum atomic E-state index is -1.70. The third kappa shape index (κ3) is 8.61. The van der Waals surface area contributed by atoms with E-state index in [-0.39, 0.29) is 39.0 Å². The first kappa shape index (κ1) is 37.8. The zero-order valence-electron chi connectivity index (χ0n) is 29.7. The number of aromatic hydroxyl groups is 2. The highest BCUT2D eigenvalue weighted by Gasteiger charge is 2.54. The Kier molecular flexibility index (Phi) is 11.2. The average Bonchev–Trinajstić information content (AvgIpc) is 3.25. The van der Waals surface area contributed by atoms with Crippen LogP contribution in [0, 0.1) is 0 Å². The first-order valence-electron chi connectivity index (χ1n) is 17.5. The fourth-order valence-corrected chi connectivity index (χ4v) is 5.98. The normalized spacial score (nSPS) is 18.8. The van der Waals surface area contributed by atoms with E-state index in [0.29, 0.717) is 0 Å². The van der Waals surface area contributed by atoms with E-state index >= 15 is 0 Å². The molecule has 2 N–H and O–H groups in total. The SMILES string of the molecule is O=C(OC[C@H]1O[C@@H](Oc2ccc3c(O)c(O)c(=O)oc3c2)[C@H](OC(=O)c2ccccc2)[C@@H](OC(=O)c2ccccc2)[C@@H]1OC(=O)c1ccccc1)c1ccccc1. The van der Waals surface area contributed by atoms with Gasteiger partial charge in [0.15, 0.2) is 18.0 Å². The molecule has 1 aliphatic rings. The van der Waals surface area contributed by atoms with Crippen LogP contribution in [-0.2, 0) is 23.7 Å². The lowest BCUT2D eigenvalue weighted by atomic mass is 9.97. The molecule has 5 atom stereocenters. The number of hydrogen-bond donors (Lipinski definition) is 2. The van der Waals surface area contributed by atoms with Gasteiger partial charge in [0.2, 0.25) is 18.1 Å². The van der Waals surface area contributed by atoms with Crippen molar-refractivity contribution >= 4 is 34.8 Å². The van der Waals surface area contributed by atoms with Crippen LogP contribution < -0.4 is 10.4 Å². The van der Waals surface area contributed by atoms with Crippen molar-refractivity contribution in [3.05, 3.63) is 172 Å². The Bertz CT molecular complexity index is 2440. The van der Waals surface area contributed by atoms with Crippen molar-refractivity contribution in [2.75, 3.05) is 6.61 Å². The highest BCUT2D eigenvalue weighted by Crippen LogP contribution is 2.36. The first-order valence-corrected chi connectivity index (χ1v) is 17.5. The molecule has 0 unspecified atom stereocenters. The summed E-state index contributed by atoms with van der Waals surface area (Å²) in [6, 6.07) is 35.5. The predicted molar refractivity (Wildman–Crippen MR) is 199 cm³/mol. The van der Waals surface area contributed by atoms with Crippen molar-refractivity contribution in [1.82, 2.24) is 0 Å². The lowest BCUT2D eigenvalue weighted by Crippen LogP contribution is -2.63. The van der Waals surface area contributed by atoms with Crippen LogP contribution in [0.15, 0.2) is 149 Å². The number of rotatable bonds is 11. The van der Waals surface area contributed by atoms with E-state index < -0.39 is 78.3 Å². The van der Waals surface area contributed by atoms with E-state index in [1.165, 1.54) is 66.7 Å². The topological polar surface area (TPSA) is 194 Å². The molecule has 2 heterocycles. The zero-order valence-corrected chi connectivity index (χ0v) is 29.7. The van der Waals surface area contributed by atoms with Gasteiger partial charge in [-0.2, -0.15) is 0 Å². The summed E-state index contributed by atoms with van der Waals surface area (Å²) in [5.41, 5.74) is -0.902. The van der Waals surface area contributed by atoms with Crippen LogP contribution in [0.2, 0.25) is 0 Å². The Hall–Kier alpha value is -7.45. The molecular weight excluding hydrogens is 740 g/mol. The third-order valence-corrected chi connectivity index (χ3v) is 8.82. The van der Waals surface area contributed by atoms with E-state index in [0.717, 1.165) is 0 Å². The molecular formula is C43H32O14. The number of hydrogen-bond acceptors (Lipinski definition) is 14. The zero-order chi connectivity index (χ0) is 39.9. The molecule has 1 saturated heterocycles. The summed E-state index contributed by atoms with van der Waals surface area (Å²) in [5, 5.41) is 20.2. The third-order valence-electron chi connectivity index (χ3n) is 8.82. The highest BCUT2D eigenvalue weighted by molar-refractivity contribution is 5.92. The maximum absolute atomic E-state index is 13.8. The van der Waals surface area contributed by atoms with Crippen molar-refractivity contribution < 1.29 is 62.2 Å². The van der Waals surface area contributed by atoms with Crippen LogP contribution in [0.3, 0.4) is 0 Å². The lowest BCUT2D eigenvalue weighted by molar-refractivity contribution is -0.275. The van der Waals surface area contributed by atoms with Gasteiger partial charge >= 0.3 is 29.5 Å². The molecule has 1 aromatic heterocycles. The Labute approximate surface area is 323 Å². The van der Waals surface area contributed by atoms with E-state index in [2.05, 4.69) is 0 Å². The van der Waals surface area contributed by atoms with Gasteiger partial charge in [-0.25, -0.2) is 24.0 Å². The van der Waals surface area contributed by atoms with Crippen LogP contribution >= 0.6 is 0 Å². The van der Waals surface area contributed by atoms with E-state index in [9.17, 15) is 34.2 Å². The summed E-state index contributed by atoms with van der Waals surface area (Å²) < 4.78 is 41.4. The minimum absolute atomic E-state index is 0.0377. The van der Waals surface area contributed by atoms with Crippen molar-refractivity contribution in [1.29, 1.82) is 0 Å². The number of ether oxygens (including phenoxy) is 6. The molecule has 5 aromatic carbocycles. The van der Waals surface area contributed by atoms with E-state index in [1.807, 2.05) is 0 Å². The van der Waals surface area contributed by atoms with Gasteiger partial charge < -0.3 is 43.1 Å². The number of fused-ring (bicyclic) bond motifs is 1. The summed E-state index contributed by atoms with van der Waals surface area (Å²) in [4.78, 5) is 66.6. The monoisotopic (exact) mass is 772 g/mol. The number of esters is 4. The van der Waals surface area contributed by atoms with Gasteiger partial charge in [-0.15, -0.1) is 0 Å². The van der Waals surface area contributed by atoms with Gasteiger partial charge in [0.25, 0.3) is 0 Å². The molecule has 0 amide bonds. The molecule has 14 nitrogen and oxygen atoms in total. The highest BCUT2D eigenvalue weighted by atomic mass is 16.7. The Balaban J connectivity index is 1.32. The summed E-state index contributed by atoms with van der Waals surface area (Å²) in [5.74, 6) is -5.22. The average molecular weight is 773 g/mol. The fourth-order valence-electron chi connectivity index (χ4n) is 5.98. The van der Waals surface area contributed by atoms with Crippen LogP contribution in [-0.4, -0.2) is 71.4 Å². The van der Waals surface area contributed by atoms with Crippen molar-refractivity contribution in [2.24, 2.45) is 0 Å². The number of carbonyl (C=O) groups excluding carboxylic acids is 4. The standard InChI is InChI=1S/C43H32O14/c44-33-30-22-21-29(23-31(30)53-42(50)34(33)45)52-43-37(57-41(49)28-19-11-4-12-20-28)36(56-40(48)27-17-9-3-10-18-27)35(55-39(47)26-15-7-2-8-16-26)32(54-43)24-51-38(46)25-13-5-1-6-14-25/h1-23,32,35-37,43-45H,24H2/t32-,35-,36+,37-,43-/m1/s1. The molecule has 0 spiro atoms. The molecule has 288 valence electrons. The maximum Gasteiger partial charge on any atom is 0.382 e. The Morgan fingerprint density at radius 3 is 1.51 bits per heavy atom. The largest absolute Gasteiger partial charge is 0.504 e. The Morgan fingerprint density at radius 2 is 1.00 bits per heavy atom. The maximum atomic E-state index is 13.8. The molecule has 57 heavy (non-hydrogen) atoms. The molecule has 6 aromatic rings. The molecule has 14 heteroatoms. The van der Waals surface area contributed by atoms with Gasteiger partial charge in [0.1, 0.15) is 24.0 Å². The quantitative estimate of drug-likeness (QED) is 0.0906. The molecule has 0 bridgehead atoms. The Morgan fingerprint density at radius 1 is 0.544 bits per heavy atom. The second-order valence-electron chi connectivity index (χ2n) is 12.6. The summed E-state index contributed by atoms with van der Waals surface area (Å²) in [6.07, 6.45) is -8.12. The minimum Gasteiger partial charge on any atom is -0.504 e. The second kappa shape index (κ2) is 16.9. The first-order chi connectivity index (χ1) is 27.7. The molecule has 0 saturated carbocycles. The summed E-state index contributed by atoms with van der Waals surface area (Å²) >= 11 is 0. The van der Waals surface area contributed by atoms with Crippen molar-refractivity contribution in [3.8, 4) is 17.2 Å². The van der Waals surface area contributed by atoms with Gasteiger partial charge in [0.05, 0.1) is 27.6 Å². The van der Waals surface area contributed by atoms with Gasteiger partial charge in [-0.05, 0) is 60.7 Å². The molecule has 0 aliphatic carbocycles. The molecule has 1 fully saturated rings. The van der Waals surface area contributed by atoms with Crippen LogP contribution in [0.1, 0.15) is 41.4 Å². The van der Waals surface area contributed by atoms with Crippen LogP contribution in [0.4, 0.5) is 0 Å². The number of benzene rings is 5. The van der Waals surface area contributed by atoms with Crippen molar-refractivity contribution in [3.63, 3.8) is 0 Å². The van der Waals surface area contributed by atoms with E-state index in [4.69, 9.17) is 32.8 Å². The number of carbonyl (C=O) groups is 4. The fraction of sp³-hybridized carbons (Fsp3) is 0.140. The summed E-state index contributed by atoms with van der Waals surface area (Å²) in [7, 11) is 0. The van der Waals surface area contributed by atoms with Crippen LogP contribution in [0.25, 0.3) is 11.0 Å². The smallest absolute Gasteiger partial charge is 0.382 e. The van der Waals surface area contributed by atoms with Gasteiger partial charge in [-0.3, -0.25) is 0 Å². The van der Waals surface area contributed by atoms with Gasteiger partial charge in [0, 0.05) is 6.07 Å². The molecule has 1 aliphatic heterocycles. The van der Waals surface area contributed by atoms with Crippen molar-refractivity contribution in [2.45, 2.75) is 30.7 Å². The van der Waals surface area contributed by atoms with E-state index in [1.54, 1.807) is 72.8 Å². The predicted octanol–water partition coefficient (Wildman–Crippen LogP) is 5.84. The molecule has 0 radical (unpaired) electrons. The second-order valence-corrected chi connectivity index (χ2v) is 12.6. The van der Waals surface area contributed by atoms with Gasteiger partial charge in [-0.1, -0.05) is 72.8 Å². The summed E-state index contributed by atoms with van der Waals surface area (Å²) in [6.45, 7) is -0.585.